The number of rotatable bonds is 1. The Bertz CT molecular complexity index is 700. The third kappa shape index (κ3) is 1.78. The third-order valence-electron chi connectivity index (χ3n) is 4.02. The molecule has 5 heteroatoms. The van der Waals surface area contributed by atoms with Crippen LogP contribution < -0.4 is 0 Å². The Hall–Kier alpha value is -2.24. The van der Waals surface area contributed by atoms with Gasteiger partial charge < -0.3 is 4.74 Å². The Morgan fingerprint density at radius 2 is 1.43 bits per heavy atom. The van der Waals surface area contributed by atoms with Crippen LogP contribution in [0.4, 0.5) is 0 Å². The number of nitrogens with zero attached hydrogens (tertiary/aromatic N) is 2. The Morgan fingerprint density at radius 1 is 0.857 bits per heavy atom. The van der Waals surface area contributed by atoms with Crippen LogP contribution in [-0.4, -0.2) is 48.1 Å². The highest BCUT2D eigenvalue weighted by Crippen LogP contribution is 2.30. The van der Waals surface area contributed by atoms with Crippen LogP contribution in [0.15, 0.2) is 36.4 Å². The number of benzene rings is 2. The first-order chi connectivity index (χ1) is 10.3. The van der Waals surface area contributed by atoms with E-state index in [4.69, 9.17) is 4.74 Å². The fourth-order valence-corrected chi connectivity index (χ4v) is 3.03. The molecule has 0 spiro atoms. The molecule has 0 saturated carbocycles. The van der Waals surface area contributed by atoms with E-state index in [0.717, 1.165) is 10.8 Å². The molecular formula is C16H14N2O3. The topological polar surface area (TPSA) is 49.9 Å². The van der Waals surface area contributed by atoms with E-state index in [0.29, 0.717) is 37.4 Å². The molecule has 0 unspecified atom stereocenters. The molecule has 2 aliphatic heterocycles. The highest BCUT2D eigenvalue weighted by atomic mass is 16.5. The zero-order valence-electron chi connectivity index (χ0n) is 11.4. The highest BCUT2D eigenvalue weighted by Gasteiger charge is 2.36. The van der Waals surface area contributed by atoms with E-state index >= 15 is 0 Å². The van der Waals surface area contributed by atoms with Crippen molar-refractivity contribution in [1.82, 2.24) is 10.0 Å². The van der Waals surface area contributed by atoms with E-state index in [1.807, 2.05) is 24.3 Å². The molecule has 106 valence electrons. The molecule has 1 fully saturated rings. The standard InChI is InChI=1S/C16H14N2O3/c19-15-12-5-1-3-11-4-2-6-13(14(11)12)16(20)18(15)17-7-9-21-10-8-17/h1-6H,7-10H2. The summed E-state index contributed by atoms with van der Waals surface area (Å²) in [5, 5.41) is 4.75. The van der Waals surface area contributed by atoms with Crippen molar-refractivity contribution in [3.63, 3.8) is 0 Å². The van der Waals surface area contributed by atoms with E-state index in [-0.39, 0.29) is 11.8 Å². The molecule has 2 heterocycles. The van der Waals surface area contributed by atoms with Gasteiger partial charge in [-0.2, -0.15) is 0 Å². The van der Waals surface area contributed by atoms with Gasteiger partial charge in [0.05, 0.1) is 24.3 Å². The van der Waals surface area contributed by atoms with Crippen LogP contribution in [-0.2, 0) is 4.74 Å². The first kappa shape index (κ1) is 12.5. The second-order valence-electron chi connectivity index (χ2n) is 5.20. The van der Waals surface area contributed by atoms with Gasteiger partial charge in [-0.05, 0) is 17.5 Å². The molecule has 5 nitrogen and oxygen atoms in total. The van der Waals surface area contributed by atoms with Crippen molar-refractivity contribution in [2.24, 2.45) is 0 Å². The van der Waals surface area contributed by atoms with Gasteiger partial charge in [-0.1, -0.05) is 24.3 Å². The van der Waals surface area contributed by atoms with Crippen molar-refractivity contribution in [2.75, 3.05) is 26.3 Å². The number of amides is 2. The zero-order valence-corrected chi connectivity index (χ0v) is 11.4. The molecule has 2 amide bonds. The van der Waals surface area contributed by atoms with Crippen molar-refractivity contribution in [1.29, 1.82) is 0 Å². The van der Waals surface area contributed by atoms with Gasteiger partial charge in [-0.15, -0.1) is 0 Å². The highest BCUT2D eigenvalue weighted by molar-refractivity contribution is 6.25. The smallest absolute Gasteiger partial charge is 0.276 e. The number of hydrogen-bond donors (Lipinski definition) is 0. The number of imide groups is 1. The fourth-order valence-electron chi connectivity index (χ4n) is 3.03. The predicted molar refractivity (Wildman–Crippen MR) is 76.8 cm³/mol. The monoisotopic (exact) mass is 282 g/mol. The minimum Gasteiger partial charge on any atom is -0.379 e. The van der Waals surface area contributed by atoms with E-state index in [9.17, 15) is 9.59 Å². The van der Waals surface area contributed by atoms with E-state index in [1.165, 1.54) is 5.01 Å². The van der Waals surface area contributed by atoms with Gasteiger partial charge in [-0.25, -0.2) is 10.0 Å². The maximum Gasteiger partial charge on any atom is 0.276 e. The quantitative estimate of drug-likeness (QED) is 0.747. The zero-order chi connectivity index (χ0) is 14.4. The SMILES string of the molecule is O=C1c2cccc3cccc(c23)C(=O)N1N1CCOCC1. The number of morpholine rings is 1. The molecule has 0 bridgehead atoms. The summed E-state index contributed by atoms with van der Waals surface area (Å²) in [6.07, 6.45) is 0. The van der Waals surface area contributed by atoms with E-state index in [2.05, 4.69) is 0 Å². The summed E-state index contributed by atoms with van der Waals surface area (Å²) in [4.78, 5) is 25.5. The Balaban J connectivity index is 1.88. The normalized spacial score (nSPS) is 19.3. The van der Waals surface area contributed by atoms with Gasteiger partial charge in [0.25, 0.3) is 11.8 Å². The van der Waals surface area contributed by atoms with Gasteiger partial charge in [-0.3, -0.25) is 9.59 Å². The van der Waals surface area contributed by atoms with Crippen LogP contribution in [0.25, 0.3) is 10.8 Å². The summed E-state index contributed by atoms with van der Waals surface area (Å²) in [6.45, 7) is 2.16. The first-order valence-electron chi connectivity index (χ1n) is 7.00. The van der Waals surface area contributed by atoms with Crippen molar-refractivity contribution in [3.05, 3.63) is 47.5 Å². The largest absolute Gasteiger partial charge is 0.379 e. The van der Waals surface area contributed by atoms with Crippen LogP contribution in [0.1, 0.15) is 20.7 Å². The Morgan fingerprint density at radius 3 is 2.00 bits per heavy atom. The third-order valence-corrected chi connectivity index (χ3v) is 4.02. The van der Waals surface area contributed by atoms with Crippen LogP contribution in [0.3, 0.4) is 0 Å². The maximum absolute atomic E-state index is 12.7. The van der Waals surface area contributed by atoms with Crippen molar-refractivity contribution < 1.29 is 14.3 Å². The summed E-state index contributed by atoms with van der Waals surface area (Å²) >= 11 is 0. The average molecular weight is 282 g/mol. The minimum absolute atomic E-state index is 0.244. The van der Waals surface area contributed by atoms with Crippen molar-refractivity contribution in [3.8, 4) is 0 Å². The molecule has 1 saturated heterocycles. The van der Waals surface area contributed by atoms with Crippen LogP contribution in [0.5, 0.6) is 0 Å². The lowest BCUT2D eigenvalue weighted by molar-refractivity contribution is -0.0553. The van der Waals surface area contributed by atoms with Gasteiger partial charge >= 0.3 is 0 Å². The molecule has 0 N–H and O–H groups in total. The number of hydrazine groups is 1. The molecule has 2 aliphatic rings. The van der Waals surface area contributed by atoms with E-state index < -0.39 is 0 Å². The summed E-state index contributed by atoms with van der Waals surface area (Å²) in [5.41, 5.74) is 1.18. The van der Waals surface area contributed by atoms with Crippen LogP contribution in [0, 0.1) is 0 Å². The molecule has 0 aromatic heterocycles. The lowest BCUT2D eigenvalue weighted by atomic mass is 9.95. The molecule has 0 radical (unpaired) electrons. The summed E-state index contributed by atoms with van der Waals surface area (Å²) < 4.78 is 5.30. The minimum atomic E-state index is -0.244. The number of carbonyl (C=O) groups is 2. The lowest BCUT2D eigenvalue weighted by Crippen LogP contribution is -2.55. The molecule has 21 heavy (non-hydrogen) atoms. The maximum atomic E-state index is 12.7. The Kier molecular flexibility index (Phi) is 2.77. The lowest BCUT2D eigenvalue weighted by Gasteiger charge is -2.37. The number of hydrogen-bond acceptors (Lipinski definition) is 4. The van der Waals surface area contributed by atoms with Crippen LogP contribution in [0.2, 0.25) is 0 Å². The molecular weight excluding hydrogens is 268 g/mol. The van der Waals surface area contributed by atoms with Crippen molar-refractivity contribution >= 4 is 22.6 Å². The summed E-state index contributed by atoms with van der Waals surface area (Å²) in [5.74, 6) is -0.489. The van der Waals surface area contributed by atoms with Crippen LogP contribution >= 0.6 is 0 Å². The molecule has 0 aliphatic carbocycles. The molecule has 2 aromatic rings. The van der Waals surface area contributed by atoms with Gasteiger partial charge in [0.1, 0.15) is 0 Å². The van der Waals surface area contributed by atoms with Gasteiger partial charge in [0, 0.05) is 18.5 Å². The van der Waals surface area contributed by atoms with Gasteiger partial charge in [0.2, 0.25) is 0 Å². The average Bonchev–Trinajstić information content (AvgIpc) is 2.54. The second kappa shape index (κ2) is 4.65. The summed E-state index contributed by atoms with van der Waals surface area (Å²) in [7, 11) is 0. The predicted octanol–water partition coefficient (Wildman–Crippen LogP) is 1.68. The van der Waals surface area contributed by atoms with Gasteiger partial charge in [0.15, 0.2) is 0 Å². The molecule has 2 aromatic carbocycles. The first-order valence-corrected chi connectivity index (χ1v) is 7.00. The fraction of sp³-hybridized carbons (Fsp3) is 0.250. The second-order valence-corrected chi connectivity index (χ2v) is 5.20. The Labute approximate surface area is 121 Å². The van der Waals surface area contributed by atoms with Crippen molar-refractivity contribution in [2.45, 2.75) is 0 Å². The van der Waals surface area contributed by atoms with E-state index in [1.54, 1.807) is 17.1 Å². The molecule has 4 rings (SSSR count). The molecule has 0 atom stereocenters. The number of ether oxygens (including phenoxy) is 1. The number of carbonyl (C=O) groups excluding carboxylic acids is 2. The summed E-state index contributed by atoms with van der Waals surface area (Å²) in [6, 6.07) is 11.1.